The van der Waals surface area contributed by atoms with Gasteiger partial charge in [0.05, 0.1) is 5.92 Å². The number of nitrogens with one attached hydrogen (secondary N) is 1. The Morgan fingerprint density at radius 3 is 1.76 bits per heavy atom. The second kappa shape index (κ2) is 10.0. The summed E-state index contributed by atoms with van der Waals surface area (Å²) in [7, 11) is 0. The molecule has 29 heavy (non-hydrogen) atoms. The number of amides is 1. The van der Waals surface area contributed by atoms with Crippen molar-refractivity contribution >= 4 is 18.0 Å². The lowest BCUT2D eigenvalue weighted by molar-refractivity contribution is -0.141. The molecular weight excluding hydrogens is 362 g/mol. The largest absolute Gasteiger partial charge is 0.480 e. The van der Waals surface area contributed by atoms with Crippen molar-refractivity contribution in [2.45, 2.75) is 18.4 Å². The first-order valence-electron chi connectivity index (χ1n) is 9.50. The maximum atomic E-state index is 13.1. The number of carboxylic acid groups (broad SMARTS) is 1. The molecule has 0 fully saturated rings. The van der Waals surface area contributed by atoms with Gasteiger partial charge in [0.25, 0.3) is 0 Å². The lowest BCUT2D eigenvalue weighted by Gasteiger charge is -2.20. The third-order valence-electron chi connectivity index (χ3n) is 4.62. The molecule has 2 N–H and O–H groups in total. The van der Waals surface area contributed by atoms with E-state index in [1.165, 1.54) is 0 Å². The van der Waals surface area contributed by atoms with Crippen LogP contribution in [0.15, 0.2) is 97.1 Å². The number of carbonyl (C=O) groups is 2. The Hall–Kier alpha value is -3.66. The first-order chi connectivity index (χ1) is 14.1. The average Bonchev–Trinajstić information content (AvgIpc) is 2.75. The van der Waals surface area contributed by atoms with Crippen molar-refractivity contribution < 1.29 is 14.7 Å². The van der Waals surface area contributed by atoms with Crippen LogP contribution < -0.4 is 5.32 Å². The minimum Gasteiger partial charge on any atom is -0.480 e. The van der Waals surface area contributed by atoms with E-state index in [1.54, 1.807) is 6.08 Å². The molecule has 3 rings (SSSR count). The molecule has 0 saturated carbocycles. The van der Waals surface area contributed by atoms with E-state index in [1.807, 2.05) is 97.1 Å². The predicted molar refractivity (Wildman–Crippen MR) is 114 cm³/mol. The molecule has 1 amide bonds. The van der Waals surface area contributed by atoms with Crippen LogP contribution in [0, 0.1) is 0 Å². The zero-order valence-electron chi connectivity index (χ0n) is 15.9. The summed E-state index contributed by atoms with van der Waals surface area (Å²) in [6.07, 6.45) is 3.83. The minimum absolute atomic E-state index is 0.201. The molecule has 0 bridgehead atoms. The number of benzene rings is 3. The van der Waals surface area contributed by atoms with Crippen LogP contribution >= 0.6 is 0 Å². The van der Waals surface area contributed by atoms with Crippen LogP contribution in [0.3, 0.4) is 0 Å². The molecule has 4 heteroatoms. The maximum absolute atomic E-state index is 13.1. The molecule has 0 heterocycles. The summed E-state index contributed by atoms with van der Waals surface area (Å²) in [6.45, 7) is 0. The molecule has 1 atom stereocenters. The Morgan fingerprint density at radius 2 is 1.28 bits per heavy atom. The van der Waals surface area contributed by atoms with Gasteiger partial charge in [-0.25, -0.2) is 4.79 Å². The fraction of sp³-hybridized carbons (Fsp3) is 0.120. The molecule has 146 valence electrons. The van der Waals surface area contributed by atoms with Crippen LogP contribution in [0.25, 0.3) is 6.08 Å². The molecule has 0 unspecified atom stereocenters. The van der Waals surface area contributed by atoms with Gasteiger partial charge in [-0.15, -0.1) is 0 Å². The molecule has 0 aliphatic carbocycles. The van der Waals surface area contributed by atoms with Gasteiger partial charge in [0, 0.05) is 0 Å². The van der Waals surface area contributed by atoms with Crippen LogP contribution in [0.1, 0.15) is 29.0 Å². The average molecular weight is 385 g/mol. The van der Waals surface area contributed by atoms with Gasteiger partial charge in [-0.1, -0.05) is 103 Å². The van der Waals surface area contributed by atoms with Crippen LogP contribution in [-0.2, 0) is 9.59 Å². The number of aliphatic carboxylic acids is 1. The van der Waals surface area contributed by atoms with Gasteiger partial charge in [0.1, 0.15) is 6.04 Å². The zero-order valence-corrected chi connectivity index (χ0v) is 15.9. The summed E-state index contributed by atoms with van der Waals surface area (Å²) in [4.78, 5) is 24.8. The smallest absolute Gasteiger partial charge is 0.326 e. The number of rotatable bonds is 8. The van der Waals surface area contributed by atoms with E-state index < -0.39 is 17.9 Å². The van der Waals surface area contributed by atoms with E-state index >= 15 is 0 Å². The normalized spacial score (nSPS) is 12.0. The van der Waals surface area contributed by atoms with Crippen LogP contribution in [0.2, 0.25) is 0 Å². The second-order valence-electron chi connectivity index (χ2n) is 6.70. The van der Waals surface area contributed by atoms with Gasteiger partial charge in [-0.3, -0.25) is 4.79 Å². The van der Waals surface area contributed by atoms with Gasteiger partial charge in [-0.2, -0.15) is 0 Å². The Labute approximate surface area is 170 Å². The highest BCUT2D eigenvalue weighted by Crippen LogP contribution is 2.25. The molecule has 3 aromatic carbocycles. The van der Waals surface area contributed by atoms with Crippen molar-refractivity contribution in [1.82, 2.24) is 5.32 Å². The molecule has 0 aliphatic heterocycles. The van der Waals surface area contributed by atoms with Crippen molar-refractivity contribution in [1.29, 1.82) is 0 Å². The molecule has 4 nitrogen and oxygen atoms in total. The number of hydrogen-bond donors (Lipinski definition) is 2. The van der Waals surface area contributed by atoms with E-state index in [4.69, 9.17) is 0 Å². The highest BCUT2D eigenvalue weighted by Gasteiger charge is 2.27. The first kappa shape index (κ1) is 20.1. The van der Waals surface area contributed by atoms with Crippen LogP contribution in [-0.4, -0.2) is 23.0 Å². The highest BCUT2D eigenvalue weighted by atomic mass is 16.4. The lowest BCUT2D eigenvalue weighted by Crippen LogP contribution is -2.43. The fourth-order valence-electron chi connectivity index (χ4n) is 3.17. The van der Waals surface area contributed by atoms with Crippen molar-refractivity contribution in [3.63, 3.8) is 0 Å². The monoisotopic (exact) mass is 385 g/mol. The fourth-order valence-corrected chi connectivity index (χ4v) is 3.17. The number of carbonyl (C=O) groups excluding carboxylic acids is 1. The summed E-state index contributed by atoms with van der Waals surface area (Å²) in [5.74, 6) is -1.96. The molecule has 0 saturated heterocycles. The second-order valence-corrected chi connectivity index (χ2v) is 6.70. The van der Waals surface area contributed by atoms with Crippen LogP contribution in [0.4, 0.5) is 0 Å². The SMILES string of the molecule is O=C(N[C@H](C/C=C/c1ccccc1)C(=O)O)C(c1ccccc1)c1ccccc1. The first-order valence-corrected chi connectivity index (χ1v) is 9.50. The van der Waals surface area contributed by atoms with E-state index in [-0.39, 0.29) is 12.3 Å². The third kappa shape index (κ3) is 5.66. The van der Waals surface area contributed by atoms with Crippen LogP contribution in [0.5, 0.6) is 0 Å². The standard InChI is InChI=1S/C25H23NO3/c27-24(23(20-14-6-2-7-15-20)21-16-8-3-9-17-21)26-22(25(28)29)18-10-13-19-11-4-1-5-12-19/h1-17,22-23H,18H2,(H,26,27)(H,28,29)/b13-10+/t22-/m1/s1. The number of hydrogen-bond acceptors (Lipinski definition) is 2. The van der Waals surface area contributed by atoms with E-state index in [2.05, 4.69) is 5.32 Å². The van der Waals surface area contributed by atoms with Crippen molar-refractivity contribution in [2.75, 3.05) is 0 Å². The Bertz CT molecular complexity index is 914. The quantitative estimate of drug-likeness (QED) is 0.600. The lowest BCUT2D eigenvalue weighted by atomic mass is 9.90. The van der Waals surface area contributed by atoms with Gasteiger partial charge < -0.3 is 10.4 Å². The predicted octanol–water partition coefficient (Wildman–Crippen LogP) is 4.49. The van der Waals surface area contributed by atoms with Gasteiger partial charge in [0.2, 0.25) is 5.91 Å². The van der Waals surface area contributed by atoms with Gasteiger partial charge in [-0.05, 0) is 23.1 Å². The van der Waals surface area contributed by atoms with Gasteiger partial charge in [0.15, 0.2) is 0 Å². The summed E-state index contributed by atoms with van der Waals surface area (Å²) in [5.41, 5.74) is 2.62. The maximum Gasteiger partial charge on any atom is 0.326 e. The molecule has 0 aromatic heterocycles. The van der Waals surface area contributed by atoms with E-state index in [0.29, 0.717) is 0 Å². The highest BCUT2D eigenvalue weighted by molar-refractivity contribution is 5.90. The Morgan fingerprint density at radius 1 is 0.793 bits per heavy atom. The molecule has 0 radical (unpaired) electrons. The molecular formula is C25H23NO3. The number of carboxylic acids is 1. The molecule has 3 aromatic rings. The zero-order chi connectivity index (χ0) is 20.5. The summed E-state index contributed by atoms with van der Waals surface area (Å²) >= 11 is 0. The van der Waals surface area contributed by atoms with E-state index in [0.717, 1.165) is 16.7 Å². The van der Waals surface area contributed by atoms with Crippen molar-refractivity contribution in [3.8, 4) is 0 Å². The van der Waals surface area contributed by atoms with Crippen molar-refractivity contribution in [3.05, 3.63) is 114 Å². The molecule has 0 aliphatic rings. The molecule has 0 spiro atoms. The summed E-state index contributed by atoms with van der Waals surface area (Å²) in [6, 6.07) is 27.4. The van der Waals surface area contributed by atoms with E-state index in [9.17, 15) is 14.7 Å². The third-order valence-corrected chi connectivity index (χ3v) is 4.62. The Balaban J connectivity index is 1.77. The topological polar surface area (TPSA) is 66.4 Å². The minimum atomic E-state index is -1.06. The Kier molecular flexibility index (Phi) is 6.95. The summed E-state index contributed by atoms with van der Waals surface area (Å²) in [5, 5.41) is 12.3. The summed E-state index contributed by atoms with van der Waals surface area (Å²) < 4.78 is 0. The van der Waals surface area contributed by atoms with Crippen molar-refractivity contribution in [2.24, 2.45) is 0 Å². The van der Waals surface area contributed by atoms with Gasteiger partial charge >= 0.3 is 5.97 Å².